The van der Waals surface area contributed by atoms with Crippen LogP contribution in [0.2, 0.25) is 0 Å². The van der Waals surface area contributed by atoms with Gasteiger partial charge < -0.3 is 14.8 Å². The number of esters is 1. The van der Waals surface area contributed by atoms with Gasteiger partial charge in [-0.3, -0.25) is 9.59 Å². The number of carbonyl (C=O) groups excluding carboxylic acids is 2. The van der Waals surface area contributed by atoms with Gasteiger partial charge in [0.25, 0.3) is 0 Å². The van der Waals surface area contributed by atoms with Gasteiger partial charge in [-0.1, -0.05) is 27.7 Å². The molecule has 38 heavy (non-hydrogen) atoms. The average molecular weight is 531 g/mol. The fraction of sp³-hybridized carbons (Fsp3) is 0.935. The van der Waals surface area contributed by atoms with Crippen molar-refractivity contribution in [3.05, 3.63) is 4.91 Å². The number of fused-ring (bicyclic) bond motifs is 7. The zero-order valence-corrected chi connectivity index (χ0v) is 24.5. The van der Waals surface area contributed by atoms with E-state index in [1.807, 2.05) is 0 Å². The highest BCUT2D eigenvalue weighted by Crippen LogP contribution is 2.71. The van der Waals surface area contributed by atoms with Crippen LogP contribution in [0.4, 0.5) is 0 Å². The van der Waals surface area contributed by atoms with E-state index in [9.17, 15) is 14.5 Å². The standard InChI is InChI=1S/C31H50N2O5/c1-18(17-32-20(3)34)9-14-31(33-36)19(2)28-27(38-31)16-26-24-8-7-22-15-23(37-21(4)35)10-12-29(22,5)25(24)11-13-30(26,28)6/h18-19,22-28H,7-17H2,1-6H3,(H,32,34)/t18?,19?,22?,23?,24?,25?,26?,27?,28?,29-,30-,31?/m0/s1. The number of nitrogens with zero attached hydrogens (tertiary/aromatic N) is 1. The van der Waals surface area contributed by atoms with Crippen LogP contribution in [0.3, 0.4) is 0 Å². The number of carbonyl (C=O) groups is 2. The zero-order valence-electron chi connectivity index (χ0n) is 24.5. The van der Waals surface area contributed by atoms with E-state index in [-0.39, 0.29) is 41.3 Å². The average Bonchev–Trinajstić information content (AvgIpc) is 3.31. The summed E-state index contributed by atoms with van der Waals surface area (Å²) < 4.78 is 12.4. The quantitative estimate of drug-likeness (QED) is 0.311. The van der Waals surface area contributed by atoms with Crippen molar-refractivity contribution in [1.82, 2.24) is 5.32 Å². The molecular weight excluding hydrogens is 480 g/mol. The third kappa shape index (κ3) is 4.53. The molecule has 5 aliphatic rings. The van der Waals surface area contributed by atoms with Crippen molar-refractivity contribution in [2.45, 2.75) is 124 Å². The SMILES string of the molecule is CC(=O)NCC(C)CCC1(N=O)OC2CC3C4CCC5CC(OC(C)=O)CC[C@]5(C)C4CC[C@]3(C)C2C1C. The lowest BCUT2D eigenvalue weighted by atomic mass is 9.44. The Morgan fingerprint density at radius 1 is 1.05 bits per heavy atom. The van der Waals surface area contributed by atoms with E-state index in [1.54, 1.807) is 0 Å². The molecule has 0 bridgehead atoms. The van der Waals surface area contributed by atoms with Gasteiger partial charge in [0.2, 0.25) is 11.6 Å². The van der Waals surface area contributed by atoms with Crippen molar-refractivity contribution in [2.24, 2.45) is 57.4 Å². The van der Waals surface area contributed by atoms with Gasteiger partial charge in [0.05, 0.1) is 6.10 Å². The number of nitroso groups, excluding NO2 is 1. The van der Waals surface area contributed by atoms with E-state index in [0.29, 0.717) is 36.1 Å². The van der Waals surface area contributed by atoms with Gasteiger partial charge in [0.1, 0.15) is 6.10 Å². The van der Waals surface area contributed by atoms with Crippen molar-refractivity contribution < 1.29 is 19.1 Å². The molecule has 7 nitrogen and oxygen atoms in total. The molecule has 12 atom stereocenters. The normalized spacial score (nSPS) is 48.2. The summed E-state index contributed by atoms with van der Waals surface area (Å²) in [7, 11) is 0. The van der Waals surface area contributed by atoms with Crippen LogP contribution in [0.25, 0.3) is 0 Å². The van der Waals surface area contributed by atoms with E-state index < -0.39 is 5.72 Å². The lowest BCUT2D eigenvalue weighted by Gasteiger charge is -2.61. The second kappa shape index (κ2) is 10.2. The molecule has 0 aromatic rings. The van der Waals surface area contributed by atoms with Gasteiger partial charge in [-0.15, -0.1) is 4.91 Å². The fourth-order valence-electron chi connectivity index (χ4n) is 10.6. The first-order chi connectivity index (χ1) is 17.9. The molecule has 1 saturated heterocycles. The first-order valence-corrected chi connectivity index (χ1v) is 15.4. The Balaban J connectivity index is 1.28. The third-order valence-electron chi connectivity index (χ3n) is 12.5. The van der Waals surface area contributed by atoms with Crippen LogP contribution in [-0.2, 0) is 19.1 Å². The summed E-state index contributed by atoms with van der Waals surface area (Å²) in [6, 6.07) is 0. The number of nitrogens with one attached hydrogen (secondary N) is 1. The molecule has 214 valence electrons. The minimum Gasteiger partial charge on any atom is -0.463 e. The molecule has 4 aliphatic carbocycles. The van der Waals surface area contributed by atoms with Gasteiger partial charge in [-0.2, -0.15) is 0 Å². The molecule has 0 radical (unpaired) electrons. The Bertz CT molecular complexity index is 941. The summed E-state index contributed by atoms with van der Waals surface area (Å²) >= 11 is 0. The molecule has 7 heteroatoms. The van der Waals surface area contributed by atoms with Crippen molar-refractivity contribution in [1.29, 1.82) is 0 Å². The highest BCUT2D eigenvalue weighted by molar-refractivity contribution is 5.72. The summed E-state index contributed by atoms with van der Waals surface area (Å²) in [5, 5.41) is 6.59. The monoisotopic (exact) mass is 530 g/mol. The molecular formula is C31H50N2O5. The Kier molecular flexibility index (Phi) is 7.50. The molecule has 0 aromatic carbocycles. The van der Waals surface area contributed by atoms with Gasteiger partial charge in [-0.05, 0) is 109 Å². The highest BCUT2D eigenvalue weighted by atomic mass is 16.5. The van der Waals surface area contributed by atoms with Crippen LogP contribution in [0, 0.1) is 57.2 Å². The van der Waals surface area contributed by atoms with Gasteiger partial charge in [-0.25, -0.2) is 0 Å². The molecule has 1 heterocycles. The largest absolute Gasteiger partial charge is 0.463 e. The van der Waals surface area contributed by atoms with E-state index in [0.717, 1.165) is 43.9 Å². The maximum Gasteiger partial charge on any atom is 0.302 e. The molecule has 10 unspecified atom stereocenters. The molecule has 4 saturated carbocycles. The lowest BCUT2D eigenvalue weighted by molar-refractivity contribution is -0.161. The summed E-state index contributed by atoms with van der Waals surface area (Å²) in [5.41, 5.74) is -0.412. The molecule has 0 spiro atoms. The van der Waals surface area contributed by atoms with Crippen molar-refractivity contribution in [2.75, 3.05) is 6.54 Å². The minimum atomic E-state index is -0.941. The van der Waals surface area contributed by atoms with E-state index in [2.05, 4.69) is 38.2 Å². The van der Waals surface area contributed by atoms with Crippen molar-refractivity contribution in [3.63, 3.8) is 0 Å². The Morgan fingerprint density at radius 2 is 1.79 bits per heavy atom. The first-order valence-electron chi connectivity index (χ1n) is 15.4. The predicted molar refractivity (Wildman–Crippen MR) is 146 cm³/mol. The highest BCUT2D eigenvalue weighted by Gasteiger charge is 2.69. The Hall–Kier alpha value is -1.50. The van der Waals surface area contributed by atoms with Crippen LogP contribution in [0.5, 0.6) is 0 Å². The molecule has 5 fully saturated rings. The van der Waals surface area contributed by atoms with E-state index >= 15 is 0 Å². The number of hydrogen-bond donors (Lipinski definition) is 1. The third-order valence-corrected chi connectivity index (χ3v) is 12.5. The van der Waals surface area contributed by atoms with Crippen molar-refractivity contribution >= 4 is 11.9 Å². The van der Waals surface area contributed by atoms with E-state index in [4.69, 9.17) is 9.47 Å². The fourth-order valence-corrected chi connectivity index (χ4v) is 10.6. The Labute approximate surface area is 228 Å². The second-order valence-electron chi connectivity index (χ2n) is 14.4. The molecule has 0 aromatic heterocycles. The zero-order chi connectivity index (χ0) is 27.5. The Morgan fingerprint density at radius 3 is 2.47 bits per heavy atom. The maximum absolute atomic E-state index is 12.4. The first kappa shape index (κ1) is 28.0. The summed E-state index contributed by atoms with van der Waals surface area (Å²) in [5.74, 6) is 3.34. The van der Waals surface area contributed by atoms with Gasteiger partial charge >= 0.3 is 5.97 Å². The predicted octanol–water partition coefficient (Wildman–Crippen LogP) is 6.24. The summed E-state index contributed by atoms with van der Waals surface area (Å²) in [6.45, 7) is 13.1. The number of hydrogen-bond acceptors (Lipinski definition) is 6. The minimum absolute atomic E-state index is 0.0185. The number of ether oxygens (including phenoxy) is 2. The molecule has 1 N–H and O–H groups in total. The smallest absolute Gasteiger partial charge is 0.302 e. The van der Waals surface area contributed by atoms with Crippen molar-refractivity contribution in [3.8, 4) is 0 Å². The van der Waals surface area contributed by atoms with Crippen LogP contribution >= 0.6 is 0 Å². The molecule has 1 amide bonds. The van der Waals surface area contributed by atoms with Crippen LogP contribution < -0.4 is 5.32 Å². The summed E-state index contributed by atoms with van der Waals surface area (Å²) in [6.07, 6.45) is 10.9. The van der Waals surface area contributed by atoms with Crippen LogP contribution in [0.1, 0.15) is 106 Å². The van der Waals surface area contributed by atoms with Crippen LogP contribution in [-0.4, -0.2) is 36.4 Å². The van der Waals surface area contributed by atoms with Gasteiger partial charge in [0, 0.05) is 32.7 Å². The van der Waals surface area contributed by atoms with E-state index in [1.165, 1.54) is 39.5 Å². The van der Waals surface area contributed by atoms with Crippen LogP contribution in [0.15, 0.2) is 5.18 Å². The molecule has 5 rings (SSSR count). The maximum atomic E-state index is 12.4. The van der Waals surface area contributed by atoms with Gasteiger partial charge in [0.15, 0.2) is 0 Å². The topological polar surface area (TPSA) is 94.1 Å². The molecule has 1 aliphatic heterocycles. The summed E-state index contributed by atoms with van der Waals surface area (Å²) in [4.78, 5) is 35.3. The number of amides is 1. The lowest BCUT2D eigenvalue weighted by Crippen LogP contribution is -2.54. The number of rotatable bonds is 7. The second-order valence-corrected chi connectivity index (χ2v) is 14.4.